The lowest BCUT2D eigenvalue weighted by molar-refractivity contribution is -0.133. The van der Waals surface area contributed by atoms with E-state index in [4.69, 9.17) is 24.4 Å². The molecule has 0 spiro atoms. The van der Waals surface area contributed by atoms with Crippen LogP contribution in [0, 0.1) is 4.77 Å². The molecule has 9 nitrogen and oxygen atoms in total. The fourth-order valence-electron chi connectivity index (χ4n) is 6.25. The number of hydrogen-bond donors (Lipinski definition) is 1. The van der Waals surface area contributed by atoms with Gasteiger partial charge >= 0.3 is 0 Å². The molecule has 0 atom stereocenters. The highest BCUT2D eigenvalue weighted by Crippen LogP contribution is 2.37. The monoisotopic (exact) mass is 731 g/mol. The minimum Gasteiger partial charge on any atom is -0.494 e. The van der Waals surface area contributed by atoms with Gasteiger partial charge in [-0.05, 0) is 125 Å². The van der Waals surface area contributed by atoms with Crippen LogP contribution < -0.4 is 5.56 Å². The molecule has 1 aromatic carbocycles. The summed E-state index contributed by atoms with van der Waals surface area (Å²) in [5.74, 6) is -0.915. The van der Waals surface area contributed by atoms with Crippen molar-refractivity contribution in [1.29, 1.82) is 0 Å². The molecular formula is C40H53N5O4S2. The van der Waals surface area contributed by atoms with E-state index < -0.39 is 0 Å². The molecule has 1 aliphatic carbocycles. The third kappa shape index (κ3) is 9.58. The molecule has 1 aliphatic heterocycles. The third-order valence-electron chi connectivity index (χ3n) is 9.17. The quantitative estimate of drug-likeness (QED) is 0.137. The summed E-state index contributed by atoms with van der Waals surface area (Å²) in [6.07, 6.45) is 13.3. The van der Waals surface area contributed by atoms with E-state index in [1.807, 2.05) is 58.0 Å². The number of nitrogens with zero attached hydrogens (tertiary/aromatic N) is 5. The van der Waals surface area contributed by atoms with Crippen molar-refractivity contribution in [2.24, 2.45) is 0 Å². The third-order valence-corrected chi connectivity index (χ3v) is 10.1. The molecule has 0 bridgehead atoms. The highest BCUT2D eigenvalue weighted by Gasteiger charge is 2.37. The molecule has 0 radical (unpaired) electrons. The van der Waals surface area contributed by atoms with Gasteiger partial charge in [-0.15, -0.1) is 0 Å². The smallest absolute Gasteiger partial charge is 0.265 e. The van der Waals surface area contributed by atoms with Crippen molar-refractivity contribution in [3.8, 4) is 5.88 Å². The van der Waals surface area contributed by atoms with Gasteiger partial charge in [-0.25, -0.2) is 0 Å². The molecule has 0 saturated carbocycles. The summed E-state index contributed by atoms with van der Waals surface area (Å²) in [5, 5.41) is 11.1. The minimum absolute atomic E-state index is 0.0851. The topological polar surface area (TPSA) is 91.0 Å². The molecule has 2 heterocycles. The van der Waals surface area contributed by atoms with Crippen LogP contribution in [0.2, 0.25) is 0 Å². The van der Waals surface area contributed by atoms with Gasteiger partial charge in [-0.1, -0.05) is 75.4 Å². The number of rotatable bonds is 12. The Kier molecular flexibility index (Phi) is 16.2. The predicted octanol–water partition coefficient (Wildman–Crippen LogP) is 7.53. The van der Waals surface area contributed by atoms with E-state index in [2.05, 4.69) is 37.8 Å². The van der Waals surface area contributed by atoms with E-state index in [1.54, 1.807) is 28.9 Å². The minimum atomic E-state index is -0.387. The van der Waals surface area contributed by atoms with Crippen LogP contribution in [0.25, 0.3) is 11.6 Å². The maximum Gasteiger partial charge on any atom is 0.265 e. The number of amides is 2. The fourth-order valence-corrected chi connectivity index (χ4v) is 7.10. The first-order valence-electron chi connectivity index (χ1n) is 18.1. The zero-order valence-corrected chi connectivity index (χ0v) is 32.8. The van der Waals surface area contributed by atoms with E-state index in [1.165, 1.54) is 34.0 Å². The number of likely N-dealkylation sites (N-methyl/N-ethyl adjacent to an activating group) is 2. The van der Waals surface area contributed by atoms with Crippen molar-refractivity contribution in [3.63, 3.8) is 0 Å². The molecule has 4 rings (SSSR count). The average molecular weight is 732 g/mol. The van der Waals surface area contributed by atoms with Crippen LogP contribution in [0.5, 0.6) is 5.88 Å². The summed E-state index contributed by atoms with van der Waals surface area (Å²) in [6, 6.07) is 10.0. The first-order chi connectivity index (χ1) is 24.5. The molecule has 274 valence electrons. The summed E-state index contributed by atoms with van der Waals surface area (Å²) >= 11 is 10.8. The van der Waals surface area contributed by atoms with Crippen LogP contribution in [0.15, 0.2) is 82.2 Å². The van der Waals surface area contributed by atoms with Gasteiger partial charge in [-0.3, -0.25) is 33.3 Å². The maximum absolute atomic E-state index is 13.1. The molecule has 2 aromatic rings. The Balaban J connectivity index is 0.000000908. The number of hydrogen-bond acceptors (Lipinski definition) is 7. The molecule has 1 saturated heterocycles. The Labute approximate surface area is 313 Å². The Hall–Kier alpha value is -4.19. The first kappa shape index (κ1) is 41.2. The summed E-state index contributed by atoms with van der Waals surface area (Å²) in [4.78, 5) is 44.5. The number of allylic oxidation sites excluding steroid dienone is 8. The van der Waals surface area contributed by atoms with Crippen LogP contribution in [-0.2, 0) is 22.7 Å². The van der Waals surface area contributed by atoms with E-state index in [9.17, 15) is 19.5 Å². The largest absolute Gasteiger partial charge is 0.494 e. The van der Waals surface area contributed by atoms with Crippen LogP contribution >= 0.6 is 24.4 Å². The van der Waals surface area contributed by atoms with E-state index in [0.717, 1.165) is 41.5 Å². The number of carbonyl (C=O) groups is 2. The van der Waals surface area contributed by atoms with Crippen molar-refractivity contribution in [1.82, 2.24) is 23.8 Å². The molecule has 2 aliphatic rings. The van der Waals surface area contributed by atoms with Crippen molar-refractivity contribution < 1.29 is 14.7 Å². The van der Waals surface area contributed by atoms with Crippen LogP contribution in [0.4, 0.5) is 0 Å². The summed E-state index contributed by atoms with van der Waals surface area (Å²) in [6.45, 7) is 19.1. The Morgan fingerprint density at radius 1 is 0.745 bits per heavy atom. The van der Waals surface area contributed by atoms with Gasteiger partial charge in [0, 0.05) is 26.2 Å². The van der Waals surface area contributed by atoms with Gasteiger partial charge in [0.05, 0.1) is 0 Å². The normalized spacial score (nSPS) is 16.3. The Morgan fingerprint density at radius 3 is 1.82 bits per heavy atom. The van der Waals surface area contributed by atoms with Crippen molar-refractivity contribution in [3.05, 3.63) is 104 Å². The second kappa shape index (κ2) is 20.0. The molecule has 1 N–H and O–H groups in total. The van der Waals surface area contributed by atoms with Crippen molar-refractivity contribution in [2.75, 3.05) is 32.7 Å². The lowest BCUT2D eigenvalue weighted by Crippen LogP contribution is -2.55. The second-order valence-corrected chi connectivity index (χ2v) is 12.7. The number of aromatic nitrogens is 2. The van der Waals surface area contributed by atoms with Gasteiger partial charge in [0.2, 0.25) is 5.88 Å². The first-order valence-corrected chi connectivity index (χ1v) is 18.9. The summed E-state index contributed by atoms with van der Waals surface area (Å²) in [7, 11) is 0. The molecule has 11 heteroatoms. The zero-order chi connectivity index (χ0) is 37.7. The van der Waals surface area contributed by atoms with E-state index in [0.29, 0.717) is 31.0 Å². The number of carbonyl (C=O) groups excluding carboxylic acids is 2. The van der Waals surface area contributed by atoms with Gasteiger partial charge in [0.15, 0.2) is 9.88 Å². The SMILES string of the molecule is CCN(CC)CC.CCN1C(=O)C(=C/C=C/C2=C(c3ccccc3)C(=C/C=C/c3c(O)n(CC)c(=S)n(CC)c3=O)/CCC2)C(=O)N(CC)C1=S. The standard InChI is InChI=1S/C34H38N4O4S2.C6H15N/c1-5-35-29(39)26(30(40)36(6-2)33(35)43)21-13-19-24-17-12-18-25(28(24)23-15-10-9-11-16-23)20-14-22-27-31(41)37(7-3)34(44)38(8-4)32(27)42;1-4-7(5-2)6-3/h9-11,13-16,19-22,39H,5-8,12,17-18H2,1-4H3;4-6H2,1-3H3/b20-14+,21-13+,24-19+;. The number of benzene rings is 1. The second-order valence-electron chi connectivity index (χ2n) is 11.9. The highest BCUT2D eigenvalue weighted by atomic mass is 32.1. The molecule has 0 unspecified atom stereocenters. The predicted molar refractivity (Wildman–Crippen MR) is 215 cm³/mol. The van der Waals surface area contributed by atoms with E-state index >= 15 is 0 Å². The number of thiocarbonyl (C=S) groups is 1. The molecule has 1 fully saturated rings. The fraction of sp³-hybridized carbons (Fsp3) is 0.425. The van der Waals surface area contributed by atoms with Gasteiger partial charge in [0.1, 0.15) is 11.1 Å². The van der Waals surface area contributed by atoms with Crippen molar-refractivity contribution >= 4 is 53.0 Å². The van der Waals surface area contributed by atoms with Gasteiger partial charge < -0.3 is 10.0 Å². The molecular weight excluding hydrogens is 679 g/mol. The van der Waals surface area contributed by atoms with Gasteiger partial charge in [-0.2, -0.15) is 0 Å². The Morgan fingerprint density at radius 2 is 1.31 bits per heavy atom. The van der Waals surface area contributed by atoms with E-state index in [-0.39, 0.29) is 39.5 Å². The molecule has 1 aromatic heterocycles. The van der Waals surface area contributed by atoms with Crippen molar-refractivity contribution in [2.45, 2.75) is 80.8 Å². The van der Waals surface area contributed by atoms with Gasteiger partial charge in [0.25, 0.3) is 17.4 Å². The summed E-state index contributed by atoms with van der Waals surface area (Å²) in [5.41, 5.74) is 4.19. The average Bonchev–Trinajstić information content (AvgIpc) is 3.13. The van der Waals surface area contributed by atoms with Crippen LogP contribution in [0.1, 0.15) is 78.9 Å². The highest BCUT2D eigenvalue weighted by molar-refractivity contribution is 7.80. The van der Waals surface area contributed by atoms with Crippen LogP contribution in [0.3, 0.4) is 0 Å². The molecule has 2 amide bonds. The van der Waals surface area contributed by atoms with Crippen LogP contribution in [-0.4, -0.2) is 78.6 Å². The summed E-state index contributed by atoms with van der Waals surface area (Å²) < 4.78 is 3.33. The number of aromatic hydroxyl groups is 1. The Bertz CT molecular complexity index is 1810. The lowest BCUT2D eigenvalue weighted by atomic mass is 9.83. The zero-order valence-electron chi connectivity index (χ0n) is 31.1. The molecule has 51 heavy (non-hydrogen) atoms. The lowest BCUT2D eigenvalue weighted by Gasteiger charge is -2.35. The maximum atomic E-state index is 13.1.